The average Bonchev–Trinajstić information content (AvgIpc) is 2.20. The summed E-state index contributed by atoms with van der Waals surface area (Å²) in [4.78, 5) is 4.29. The van der Waals surface area contributed by atoms with Gasteiger partial charge >= 0.3 is 0 Å². The predicted molar refractivity (Wildman–Crippen MR) is 57.9 cm³/mol. The highest BCUT2D eigenvalue weighted by atomic mass is 15.0. The van der Waals surface area contributed by atoms with Gasteiger partial charge in [0, 0.05) is 6.54 Å². The lowest BCUT2D eigenvalue weighted by atomic mass is 9.87. The molecule has 0 atom stereocenters. The smallest absolute Gasteiger partial charge is 0.182 e. The van der Waals surface area contributed by atoms with E-state index >= 15 is 0 Å². The van der Waals surface area contributed by atoms with Gasteiger partial charge in [0.2, 0.25) is 0 Å². The summed E-state index contributed by atoms with van der Waals surface area (Å²) in [5.41, 5.74) is 0. The van der Waals surface area contributed by atoms with Crippen LogP contribution in [-0.2, 0) is 0 Å². The summed E-state index contributed by atoms with van der Waals surface area (Å²) < 4.78 is 0. The normalized spacial score (nSPS) is 19.0. The van der Waals surface area contributed by atoms with Crippen LogP contribution in [0.25, 0.3) is 0 Å². The fourth-order valence-corrected chi connectivity index (χ4v) is 2.01. The van der Waals surface area contributed by atoms with Crippen molar-refractivity contribution in [3.8, 4) is 6.19 Å². The molecule has 0 bridgehead atoms. The lowest BCUT2D eigenvalue weighted by Gasteiger charge is -2.20. The zero-order valence-corrected chi connectivity index (χ0v) is 8.92. The third-order valence-corrected chi connectivity index (χ3v) is 2.85. The third-order valence-electron chi connectivity index (χ3n) is 2.85. The van der Waals surface area contributed by atoms with Gasteiger partial charge in [0.15, 0.2) is 6.19 Å². The first-order chi connectivity index (χ1) is 6.83. The Kier molecular flexibility index (Phi) is 5.06. The summed E-state index contributed by atoms with van der Waals surface area (Å²) in [5.74, 6) is 1.62. The topological polar surface area (TPSA) is 48.2 Å². The van der Waals surface area contributed by atoms with Gasteiger partial charge in [-0.15, -0.1) is 0 Å². The molecule has 0 amide bonds. The highest BCUT2D eigenvalue weighted by molar-refractivity contribution is 5.80. The first-order valence-electron chi connectivity index (χ1n) is 5.49. The van der Waals surface area contributed by atoms with Crippen molar-refractivity contribution in [3.63, 3.8) is 0 Å². The largest absolute Gasteiger partial charge is 0.281 e. The second kappa shape index (κ2) is 6.42. The molecule has 0 unspecified atom stereocenters. The van der Waals surface area contributed by atoms with Gasteiger partial charge in [-0.25, -0.2) is 0 Å². The van der Waals surface area contributed by atoms with Gasteiger partial charge in [-0.1, -0.05) is 32.1 Å². The molecular weight excluding hydrogens is 174 g/mol. The van der Waals surface area contributed by atoms with E-state index in [-0.39, 0.29) is 0 Å². The summed E-state index contributed by atoms with van der Waals surface area (Å²) in [6.07, 6.45) is 10.0. The molecular formula is C11H19N3. The molecule has 0 aromatic heterocycles. The van der Waals surface area contributed by atoms with Crippen molar-refractivity contribution >= 4 is 5.84 Å². The maximum atomic E-state index is 8.34. The molecule has 1 fully saturated rings. The molecule has 1 saturated carbocycles. The molecule has 3 nitrogen and oxygen atoms in total. The van der Waals surface area contributed by atoms with Gasteiger partial charge in [-0.2, -0.15) is 5.26 Å². The van der Waals surface area contributed by atoms with E-state index < -0.39 is 0 Å². The second-order valence-corrected chi connectivity index (χ2v) is 4.00. The van der Waals surface area contributed by atoms with Crippen molar-refractivity contribution in [1.82, 2.24) is 5.32 Å². The molecule has 0 heterocycles. The second-order valence-electron chi connectivity index (χ2n) is 4.00. The lowest BCUT2D eigenvalue weighted by molar-refractivity contribution is 0.343. The van der Waals surface area contributed by atoms with Crippen LogP contribution in [0.5, 0.6) is 0 Å². The van der Waals surface area contributed by atoms with E-state index in [0.717, 1.165) is 18.3 Å². The van der Waals surface area contributed by atoms with Crippen LogP contribution in [0.4, 0.5) is 0 Å². The van der Waals surface area contributed by atoms with Crippen LogP contribution in [0.3, 0.4) is 0 Å². The van der Waals surface area contributed by atoms with Crippen LogP contribution < -0.4 is 5.32 Å². The standard InChI is InChI=1S/C11H19N3/c1-10(14-9-12)13-8-7-11-5-3-2-4-6-11/h11H,2-8H2,1H3,(H,13,14). The fraction of sp³-hybridized carbons (Fsp3) is 0.818. The molecule has 1 aliphatic rings. The van der Waals surface area contributed by atoms with E-state index in [1.54, 1.807) is 0 Å². The number of nitrogens with zero attached hydrogens (tertiary/aromatic N) is 2. The van der Waals surface area contributed by atoms with Crippen molar-refractivity contribution < 1.29 is 0 Å². The molecule has 0 radical (unpaired) electrons. The first-order valence-corrected chi connectivity index (χ1v) is 5.49. The quantitative estimate of drug-likeness (QED) is 0.324. The maximum Gasteiger partial charge on any atom is 0.182 e. The van der Waals surface area contributed by atoms with Crippen LogP contribution in [0.1, 0.15) is 45.4 Å². The van der Waals surface area contributed by atoms with Crippen molar-refractivity contribution in [1.29, 1.82) is 5.26 Å². The minimum atomic E-state index is 0.739. The number of hydrogen-bond donors (Lipinski definition) is 1. The molecule has 0 spiro atoms. The van der Waals surface area contributed by atoms with Gasteiger partial charge in [0.1, 0.15) is 5.84 Å². The van der Waals surface area contributed by atoms with E-state index in [9.17, 15) is 0 Å². The zero-order valence-electron chi connectivity index (χ0n) is 8.92. The van der Waals surface area contributed by atoms with Crippen LogP contribution >= 0.6 is 0 Å². The number of hydrogen-bond acceptors (Lipinski definition) is 2. The Balaban J connectivity index is 2.13. The minimum Gasteiger partial charge on any atom is -0.281 e. The highest BCUT2D eigenvalue weighted by Gasteiger charge is 2.12. The van der Waals surface area contributed by atoms with Crippen molar-refractivity contribution in [2.24, 2.45) is 10.9 Å². The van der Waals surface area contributed by atoms with Crippen LogP contribution in [0.15, 0.2) is 4.99 Å². The van der Waals surface area contributed by atoms with E-state index in [1.807, 2.05) is 13.1 Å². The van der Waals surface area contributed by atoms with E-state index in [4.69, 9.17) is 5.26 Å². The molecule has 1 N–H and O–H groups in total. The maximum absolute atomic E-state index is 8.34. The minimum absolute atomic E-state index is 0.739. The molecule has 0 aliphatic heterocycles. The number of rotatable bonds is 3. The van der Waals surface area contributed by atoms with Gasteiger partial charge in [0.25, 0.3) is 0 Å². The fourth-order valence-electron chi connectivity index (χ4n) is 2.01. The van der Waals surface area contributed by atoms with Crippen LogP contribution in [0.2, 0.25) is 0 Å². The van der Waals surface area contributed by atoms with Gasteiger partial charge in [-0.3, -0.25) is 10.3 Å². The number of aliphatic imine (C=N–C) groups is 1. The summed E-state index contributed by atoms with van der Waals surface area (Å²) >= 11 is 0. The Hall–Kier alpha value is -1.04. The molecule has 1 rings (SSSR count). The van der Waals surface area contributed by atoms with Gasteiger partial charge < -0.3 is 0 Å². The molecule has 0 aromatic rings. The van der Waals surface area contributed by atoms with E-state index in [1.165, 1.54) is 38.5 Å². The SMILES string of the molecule is CC(=NCCC1CCCCC1)NC#N. The third kappa shape index (κ3) is 4.27. The number of nitrogens with one attached hydrogen (secondary N) is 1. The average molecular weight is 193 g/mol. The van der Waals surface area contributed by atoms with E-state index in [0.29, 0.717) is 0 Å². The Bertz CT molecular complexity index is 221. The Morgan fingerprint density at radius 1 is 1.43 bits per heavy atom. The molecule has 78 valence electrons. The molecule has 0 saturated heterocycles. The predicted octanol–water partition coefficient (Wildman–Crippen LogP) is 2.45. The summed E-state index contributed by atoms with van der Waals surface area (Å²) in [5, 5.41) is 10.9. The summed E-state index contributed by atoms with van der Waals surface area (Å²) in [6.45, 7) is 2.70. The van der Waals surface area contributed by atoms with Gasteiger partial charge in [-0.05, 0) is 19.3 Å². The number of nitriles is 1. The van der Waals surface area contributed by atoms with Crippen LogP contribution in [0, 0.1) is 17.4 Å². The summed E-state index contributed by atoms with van der Waals surface area (Å²) in [6, 6.07) is 0. The monoisotopic (exact) mass is 193 g/mol. The van der Waals surface area contributed by atoms with Crippen molar-refractivity contribution in [2.45, 2.75) is 45.4 Å². The Morgan fingerprint density at radius 2 is 2.14 bits per heavy atom. The number of amidine groups is 1. The Morgan fingerprint density at radius 3 is 2.79 bits per heavy atom. The van der Waals surface area contributed by atoms with Crippen LogP contribution in [-0.4, -0.2) is 12.4 Å². The first kappa shape index (κ1) is 11.0. The zero-order chi connectivity index (χ0) is 10.2. The Labute approximate surface area is 86.2 Å². The molecule has 0 aromatic carbocycles. The lowest BCUT2D eigenvalue weighted by Crippen LogP contribution is -2.14. The molecule has 14 heavy (non-hydrogen) atoms. The van der Waals surface area contributed by atoms with Gasteiger partial charge in [0.05, 0.1) is 0 Å². The molecule has 3 heteroatoms. The summed E-state index contributed by atoms with van der Waals surface area (Å²) in [7, 11) is 0. The highest BCUT2D eigenvalue weighted by Crippen LogP contribution is 2.25. The molecule has 1 aliphatic carbocycles. The van der Waals surface area contributed by atoms with Crippen molar-refractivity contribution in [3.05, 3.63) is 0 Å². The van der Waals surface area contributed by atoms with E-state index in [2.05, 4.69) is 10.3 Å². The van der Waals surface area contributed by atoms with Crippen molar-refractivity contribution in [2.75, 3.05) is 6.54 Å².